The molecule has 1 unspecified atom stereocenters. The van der Waals surface area contributed by atoms with Gasteiger partial charge in [-0.2, -0.15) is 0 Å². The molecule has 1 N–H and O–H groups in total. The monoisotopic (exact) mass is 374 g/mol. The summed E-state index contributed by atoms with van der Waals surface area (Å²) in [5.41, 5.74) is -0.184. The second-order valence-corrected chi connectivity index (χ2v) is 7.14. The summed E-state index contributed by atoms with van der Waals surface area (Å²) in [6, 6.07) is 8.61. The number of aliphatic hydroxyl groups excluding tert-OH is 1. The number of rotatable bonds is 11. The van der Waals surface area contributed by atoms with Crippen LogP contribution >= 0.6 is 0 Å². The smallest absolute Gasteiger partial charge is 0.338 e. The first kappa shape index (κ1) is 21.2. The first-order valence-corrected chi connectivity index (χ1v) is 9.85. The van der Waals surface area contributed by atoms with Gasteiger partial charge in [-0.15, -0.1) is 0 Å². The van der Waals surface area contributed by atoms with Crippen LogP contribution in [0.3, 0.4) is 0 Å². The first-order chi connectivity index (χ1) is 13.1. The lowest BCUT2D eigenvalue weighted by Crippen LogP contribution is -2.39. The number of esters is 2. The molecular formula is C22H30O5. The zero-order valence-electron chi connectivity index (χ0n) is 16.1. The summed E-state index contributed by atoms with van der Waals surface area (Å²) in [5, 5.41) is 9.73. The van der Waals surface area contributed by atoms with Crippen molar-refractivity contribution in [3.8, 4) is 0 Å². The van der Waals surface area contributed by atoms with Crippen molar-refractivity contribution < 1.29 is 24.2 Å². The van der Waals surface area contributed by atoms with E-state index < -0.39 is 17.5 Å². The van der Waals surface area contributed by atoms with Gasteiger partial charge in [-0.3, -0.25) is 0 Å². The number of aliphatic hydroxyl groups is 1. The number of allylic oxidation sites excluding steroid dienone is 1. The lowest BCUT2D eigenvalue weighted by Gasteiger charge is -2.24. The van der Waals surface area contributed by atoms with Gasteiger partial charge in [0.25, 0.3) is 0 Å². The molecule has 5 heteroatoms. The van der Waals surface area contributed by atoms with Crippen LogP contribution in [0.25, 0.3) is 0 Å². The second-order valence-electron chi connectivity index (χ2n) is 7.14. The SMILES string of the molecule is CCCCCCCC/C=C1/CC(CO)(COC(=O)c2ccccc2)OC1=O. The van der Waals surface area contributed by atoms with Gasteiger partial charge in [0, 0.05) is 12.0 Å². The molecule has 0 amide bonds. The fourth-order valence-corrected chi connectivity index (χ4v) is 3.14. The summed E-state index contributed by atoms with van der Waals surface area (Å²) in [4.78, 5) is 24.2. The minimum atomic E-state index is -1.17. The summed E-state index contributed by atoms with van der Waals surface area (Å²) in [5.74, 6) is -0.922. The lowest BCUT2D eigenvalue weighted by molar-refractivity contribution is -0.154. The van der Waals surface area contributed by atoms with Crippen LogP contribution in [0.1, 0.15) is 68.6 Å². The molecule has 1 saturated heterocycles. The van der Waals surface area contributed by atoms with Crippen LogP contribution in [0.4, 0.5) is 0 Å². The van der Waals surface area contributed by atoms with Crippen LogP contribution in [-0.4, -0.2) is 35.9 Å². The van der Waals surface area contributed by atoms with Gasteiger partial charge in [-0.05, 0) is 25.0 Å². The normalized spacial score (nSPS) is 20.7. The van der Waals surface area contributed by atoms with Crippen molar-refractivity contribution in [2.24, 2.45) is 0 Å². The van der Waals surface area contributed by atoms with Crippen molar-refractivity contribution in [3.05, 3.63) is 47.5 Å². The molecule has 1 aromatic rings. The molecule has 1 aromatic carbocycles. The maximum atomic E-state index is 12.1. The van der Waals surface area contributed by atoms with Gasteiger partial charge in [0.1, 0.15) is 6.61 Å². The summed E-state index contributed by atoms with van der Waals surface area (Å²) in [7, 11) is 0. The Hall–Kier alpha value is -2.14. The van der Waals surface area contributed by atoms with E-state index in [0.717, 1.165) is 19.3 Å². The Balaban J connectivity index is 1.82. The fourth-order valence-electron chi connectivity index (χ4n) is 3.14. The van der Waals surface area contributed by atoms with Crippen LogP contribution in [0, 0.1) is 0 Å². The Labute approximate surface area is 161 Å². The van der Waals surface area contributed by atoms with Crippen molar-refractivity contribution in [2.45, 2.75) is 63.9 Å². The lowest BCUT2D eigenvalue weighted by atomic mass is 9.98. The highest BCUT2D eigenvalue weighted by molar-refractivity contribution is 5.92. The molecule has 0 aromatic heterocycles. The third-order valence-corrected chi connectivity index (χ3v) is 4.80. The number of ether oxygens (including phenoxy) is 2. The highest BCUT2D eigenvalue weighted by Gasteiger charge is 2.44. The van der Waals surface area contributed by atoms with Gasteiger partial charge < -0.3 is 14.6 Å². The molecule has 2 rings (SSSR count). The van der Waals surface area contributed by atoms with Crippen molar-refractivity contribution in [1.29, 1.82) is 0 Å². The molecule has 148 valence electrons. The highest BCUT2D eigenvalue weighted by atomic mass is 16.6. The molecule has 1 aliphatic heterocycles. The van der Waals surface area contributed by atoms with Gasteiger partial charge in [0.2, 0.25) is 0 Å². The maximum absolute atomic E-state index is 12.1. The van der Waals surface area contributed by atoms with Crippen molar-refractivity contribution >= 4 is 11.9 Å². The van der Waals surface area contributed by atoms with E-state index in [0.29, 0.717) is 11.1 Å². The van der Waals surface area contributed by atoms with Crippen LogP contribution < -0.4 is 0 Å². The summed E-state index contributed by atoms with van der Waals surface area (Å²) < 4.78 is 10.7. The van der Waals surface area contributed by atoms with Crippen LogP contribution in [-0.2, 0) is 14.3 Å². The van der Waals surface area contributed by atoms with E-state index in [9.17, 15) is 14.7 Å². The minimum Gasteiger partial charge on any atom is -0.458 e. The number of hydrogen-bond acceptors (Lipinski definition) is 5. The van der Waals surface area contributed by atoms with Gasteiger partial charge in [-0.1, -0.05) is 63.3 Å². The van der Waals surface area contributed by atoms with Gasteiger partial charge >= 0.3 is 11.9 Å². The molecule has 1 heterocycles. The van der Waals surface area contributed by atoms with Gasteiger partial charge in [0.15, 0.2) is 5.60 Å². The third-order valence-electron chi connectivity index (χ3n) is 4.80. The number of cyclic esters (lactones) is 1. The molecule has 1 aliphatic rings. The predicted octanol–water partition coefficient (Wildman–Crippen LogP) is 4.20. The molecule has 0 radical (unpaired) electrons. The topological polar surface area (TPSA) is 72.8 Å². The average Bonchev–Trinajstić information content (AvgIpc) is 3.02. The van der Waals surface area contributed by atoms with E-state index in [-0.39, 0.29) is 19.6 Å². The van der Waals surface area contributed by atoms with Crippen molar-refractivity contribution in [1.82, 2.24) is 0 Å². The number of unbranched alkanes of at least 4 members (excludes halogenated alkanes) is 6. The average molecular weight is 374 g/mol. The zero-order chi connectivity index (χ0) is 19.5. The number of benzene rings is 1. The predicted molar refractivity (Wildman–Crippen MR) is 103 cm³/mol. The Morgan fingerprint density at radius 3 is 2.59 bits per heavy atom. The van der Waals surface area contributed by atoms with Crippen LogP contribution in [0.2, 0.25) is 0 Å². The van der Waals surface area contributed by atoms with Gasteiger partial charge in [-0.25, -0.2) is 9.59 Å². The first-order valence-electron chi connectivity index (χ1n) is 9.85. The summed E-state index contributed by atoms with van der Waals surface area (Å²) in [6.45, 7) is 1.66. The molecule has 0 spiro atoms. The Morgan fingerprint density at radius 2 is 1.89 bits per heavy atom. The summed E-state index contributed by atoms with van der Waals surface area (Å²) in [6.07, 6.45) is 10.2. The van der Waals surface area contributed by atoms with Crippen LogP contribution in [0.15, 0.2) is 42.0 Å². The molecule has 5 nitrogen and oxygen atoms in total. The Kier molecular flexibility index (Phi) is 8.52. The molecule has 0 aliphatic carbocycles. The quantitative estimate of drug-likeness (QED) is 0.357. The van der Waals surface area contributed by atoms with E-state index in [1.165, 1.54) is 25.7 Å². The summed E-state index contributed by atoms with van der Waals surface area (Å²) >= 11 is 0. The maximum Gasteiger partial charge on any atom is 0.338 e. The minimum absolute atomic E-state index is 0.155. The van der Waals surface area contributed by atoms with E-state index >= 15 is 0 Å². The third kappa shape index (κ3) is 6.51. The van der Waals surface area contributed by atoms with E-state index in [4.69, 9.17) is 9.47 Å². The van der Waals surface area contributed by atoms with Crippen LogP contribution in [0.5, 0.6) is 0 Å². The standard InChI is InChI=1S/C22H30O5/c1-2-3-4-5-6-7-9-14-19-15-22(16-23,27-21(19)25)17-26-20(24)18-12-10-8-11-13-18/h8,10-14,23H,2-7,9,15-17H2,1H3/b19-14-. The molecule has 1 atom stereocenters. The van der Waals surface area contributed by atoms with E-state index in [1.807, 2.05) is 12.1 Å². The molecule has 0 saturated carbocycles. The molecular weight excluding hydrogens is 344 g/mol. The second kappa shape index (κ2) is 10.9. The number of carbonyl (C=O) groups excluding carboxylic acids is 2. The van der Waals surface area contributed by atoms with Crippen molar-refractivity contribution in [2.75, 3.05) is 13.2 Å². The Morgan fingerprint density at radius 1 is 1.19 bits per heavy atom. The number of carbonyl (C=O) groups is 2. The van der Waals surface area contributed by atoms with E-state index in [1.54, 1.807) is 24.3 Å². The molecule has 1 fully saturated rings. The van der Waals surface area contributed by atoms with Gasteiger partial charge in [0.05, 0.1) is 12.2 Å². The van der Waals surface area contributed by atoms with E-state index in [2.05, 4.69) is 6.92 Å². The highest BCUT2D eigenvalue weighted by Crippen LogP contribution is 2.31. The fraction of sp³-hybridized carbons (Fsp3) is 0.545. The number of hydrogen-bond donors (Lipinski definition) is 1. The largest absolute Gasteiger partial charge is 0.458 e. The zero-order valence-corrected chi connectivity index (χ0v) is 16.1. The molecule has 27 heavy (non-hydrogen) atoms. The molecule has 0 bridgehead atoms. The Bertz CT molecular complexity index is 637. The van der Waals surface area contributed by atoms with Crippen molar-refractivity contribution in [3.63, 3.8) is 0 Å².